The summed E-state index contributed by atoms with van der Waals surface area (Å²) in [6, 6.07) is 13.0. The highest BCUT2D eigenvalue weighted by Crippen LogP contribution is 2.35. The van der Waals surface area contributed by atoms with Crippen LogP contribution in [0.2, 0.25) is 0 Å². The molecule has 166 valence electrons. The van der Waals surface area contributed by atoms with E-state index in [0.29, 0.717) is 51.5 Å². The van der Waals surface area contributed by atoms with Gasteiger partial charge in [-0.25, -0.2) is 9.97 Å². The average Bonchev–Trinajstić information content (AvgIpc) is 3.10. The lowest BCUT2D eigenvalue weighted by Gasteiger charge is -2.12. The van der Waals surface area contributed by atoms with E-state index in [4.69, 9.17) is 25.2 Å². The summed E-state index contributed by atoms with van der Waals surface area (Å²) in [5, 5.41) is 2.98. The summed E-state index contributed by atoms with van der Waals surface area (Å²) in [6.45, 7) is 2.70. The maximum absolute atomic E-state index is 13.1. The molecule has 4 aromatic rings. The van der Waals surface area contributed by atoms with E-state index in [1.165, 1.54) is 0 Å². The number of para-hydroxylation sites is 2. The Balaban J connectivity index is 1.91. The second-order valence-electron chi connectivity index (χ2n) is 7.48. The van der Waals surface area contributed by atoms with Gasteiger partial charge in [0.1, 0.15) is 16.9 Å². The number of benzene rings is 2. The van der Waals surface area contributed by atoms with Gasteiger partial charge in [-0.15, -0.1) is 0 Å². The molecule has 0 atom stereocenters. The third-order valence-electron chi connectivity index (χ3n) is 5.42. The average molecular weight is 434 g/mol. The standard InChI is InChI=1S/C24H27N5O3/c1-4-5-8-13-26-24(30)20-21-23(28-17-10-7-6-9-16(17)27-21)29(22(20)25)15-11-12-18(31-2)19(14-15)32-3/h6-7,9-12,14H,4-5,8,13,25H2,1-3H3,(H,26,30). The van der Waals surface area contributed by atoms with E-state index in [1.807, 2.05) is 30.3 Å². The summed E-state index contributed by atoms with van der Waals surface area (Å²) in [5.74, 6) is 1.16. The number of anilines is 1. The number of hydrogen-bond acceptors (Lipinski definition) is 6. The van der Waals surface area contributed by atoms with Gasteiger partial charge in [-0.2, -0.15) is 0 Å². The first kappa shape index (κ1) is 21.4. The van der Waals surface area contributed by atoms with Gasteiger partial charge in [0.2, 0.25) is 0 Å². The number of carbonyl (C=O) groups is 1. The molecule has 0 bridgehead atoms. The minimum absolute atomic E-state index is 0.257. The minimum atomic E-state index is -0.257. The van der Waals surface area contributed by atoms with Crippen molar-refractivity contribution >= 4 is 33.9 Å². The lowest BCUT2D eigenvalue weighted by atomic mass is 10.2. The molecule has 0 fully saturated rings. The van der Waals surface area contributed by atoms with Crippen LogP contribution >= 0.6 is 0 Å². The van der Waals surface area contributed by atoms with Gasteiger partial charge in [-0.3, -0.25) is 9.36 Å². The van der Waals surface area contributed by atoms with E-state index in [-0.39, 0.29) is 11.7 Å². The van der Waals surface area contributed by atoms with Crippen LogP contribution in [-0.4, -0.2) is 41.2 Å². The number of rotatable bonds is 8. The Bertz CT molecular complexity index is 1280. The Labute approximate surface area is 186 Å². The number of nitrogens with one attached hydrogen (secondary N) is 1. The number of carbonyl (C=O) groups excluding carboxylic acids is 1. The first-order chi connectivity index (χ1) is 15.6. The summed E-state index contributed by atoms with van der Waals surface area (Å²) in [4.78, 5) is 22.7. The van der Waals surface area contributed by atoms with E-state index in [1.54, 1.807) is 30.9 Å². The molecule has 2 aromatic heterocycles. The van der Waals surface area contributed by atoms with Crippen LogP contribution in [0.25, 0.3) is 27.9 Å². The van der Waals surface area contributed by atoms with Crippen LogP contribution in [0.15, 0.2) is 42.5 Å². The molecular weight excluding hydrogens is 406 g/mol. The maximum atomic E-state index is 13.1. The molecule has 0 saturated heterocycles. The quantitative estimate of drug-likeness (QED) is 0.406. The van der Waals surface area contributed by atoms with Crippen LogP contribution in [0.4, 0.5) is 5.82 Å². The number of aromatic nitrogens is 3. The molecule has 0 saturated carbocycles. The molecule has 1 amide bonds. The number of fused-ring (bicyclic) bond motifs is 2. The highest BCUT2D eigenvalue weighted by Gasteiger charge is 2.25. The lowest BCUT2D eigenvalue weighted by molar-refractivity contribution is 0.0955. The molecule has 0 aliphatic rings. The number of methoxy groups -OCH3 is 2. The maximum Gasteiger partial charge on any atom is 0.257 e. The molecule has 0 radical (unpaired) electrons. The Morgan fingerprint density at radius 1 is 1.03 bits per heavy atom. The Kier molecular flexibility index (Phi) is 6.11. The van der Waals surface area contributed by atoms with Crippen LogP contribution in [0.5, 0.6) is 11.5 Å². The third kappa shape index (κ3) is 3.79. The molecule has 0 aliphatic carbocycles. The summed E-state index contributed by atoms with van der Waals surface area (Å²) >= 11 is 0. The van der Waals surface area contributed by atoms with Crippen LogP contribution < -0.4 is 20.5 Å². The first-order valence-electron chi connectivity index (χ1n) is 10.7. The van der Waals surface area contributed by atoms with Gasteiger partial charge in [0, 0.05) is 12.6 Å². The Morgan fingerprint density at radius 2 is 1.75 bits per heavy atom. The van der Waals surface area contributed by atoms with Crippen LogP contribution in [0.1, 0.15) is 36.5 Å². The van der Waals surface area contributed by atoms with Crippen molar-refractivity contribution in [3.63, 3.8) is 0 Å². The Hall–Kier alpha value is -3.81. The molecule has 3 N–H and O–H groups in total. The van der Waals surface area contributed by atoms with Crippen molar-refractivity contribution in [3.8, 4) is 17.2 Å². The van der Waals surface area contributed by atoms with Gasteiger partial charge >= 0.3 is 0 Å². The normalized spacial score (nSPS) is 11.1. The SMILES string of the molecule is CCCCCNC(=O)c1c(N)n(-c2ccc(OC)c(OC)c2)c2nc3ccccc3nc12. The van der Waals surface area contributed by atoms with Gasteiger partial charge in [-0.1, -0.05) is 31.9 Å². The fourth-order valence-corrected chi connectivity index (χ4v) is 3.78. The molecule has 0 spiro atoms. The summed E-state index contributed by atoms with van der Waals surface area (Å²) in [6.07, 6.45) is 3.03. The first-order valence-corrected chi connectivity index (χ1v) is 10.7. The number of hydrogen-bond donors (Lipinski definition) is 2. The summed E-state index contributed by atoms with van der Waals surface area (Å²) < 4.78 is 12.5. The van der Waals surface area contributed by atoms with Crippen molar-refractivity contribution in [2.24, 2.45) is 0 Å². The van der Waals surface area contributed by atoms with E-state index in [9.17, 15) is 4.79 Å². The molecule has 2 aromatic carbocycles. The molecule has 8 nitrogen and oxygen atoms in total. The van der Waals surface area contributed by atoms with Gasteiger partial charge in [-0.05, 0) is 30.7 Å². The van der Waals surface area contributed by atoms with Crippen LogP contribution in [0, 0.1) is 0 Å². The van der Waals surface area contributed by atoms with Crippen LogP contribution in [0.3, 0.4) is 0 Å². The fourth-order valence-electron chi connectivity index (χ4n) is 3.78. The van der Waals surface area contributed by atoms with E-state index in [2.05, 4.69) is 12.2 Å². The second kappa shape index (κ2) is 9.13. The predicted octanol–water partition coefficient (Wildman–Crippen LogP) is 4.09. The molecule has 0 aliphatic heterocycles. The zero-order valence-corrected chi connectivity index (χ0v) is 18.5. The molecule has 32 heavy (non-hydrogen) atoms. The third-order valence-corrected chi connectivity index (χ3v) is 5.42. The van der Waals surface area contributed by atoms with Gasteiger partial charge in [0.05, 0.1) is 30.9 Å². The molecular formula is C24H27N5O3. The number of unbranched alkanes of at least 4 members (excludes halogenated alkanes) is 2. The number of ether oxygens (including phenoxy) is 2. The minimum Gasteiger partial charge on any atom is -0.493 e. The monoisotopic (exact) mass is 433 g/mol. The fraction of sp³-hybridized carbons (Fsp3) is 0.292. The highest BCUT2D eigenvalue weighted by atomic mass is 16.5. The van der Waals surface area contributed by atoms with E-state index < -0.39 is 0 Å². The van der Waals surface area contributed by atoms with Crippen molar-refractivity contribution in [2.45, 2.75) is 26.2 Å². The van der Waals surface area contributed by atoms with Gasteiger partial charge < -0.3 is 20.5 Å². The smallest absolute Gasteiger partial charge is 0.257 e. The zero-order chi connectivity index (χ0) is 22.7. The second-order valence-corrected chi connectivity index (χ2v) is 7.48. The number of nitrogen functional groups attached to an aromatic ring is 1. The largest absolute Gasteiger partial charge is 0.493 e. The van der Waals surface area contributed by atoms with Crippen molar-refractivity contribution in [2.75, 3.05) is 26.5 Å². The number of nitrogens with two attached hydrogens (primary N) is 1. The van der Waals surface area contributed by atoms with Crippen molar-refractivity contribution in [3.05, 3.63) is 48.0 Å². The van der Waals surface area contributed by atoms with E-state index >= 15 is 0 Å². The Morgan fingerprint density at radius 3 is 2.44 bits per heavy atom. The molecule has 2 heterocycles. The predicted molar refractivity (Wildman–Crippen MR) is 126 cm³/mol. The van der Waals surface area contributed by atoms with E-state index in [0.717, 1.165) is 19.3 Å². The topological polar surface area (TPSA) is 104 Å². The van der Waals surface area contributed by atoms with Crippen molar-refractivity contribution in [1.29, 1.82) is 0 Å². The highest BCUT2D eigenvalue weighted by molar-refractivity contribution is 6.11. The van der Waals surface area contributed by atoms with Crippen molar-refractivity contribution in [1.82, 2.24) is 19.9 Å². The number of amides is 1. The van der Waals surface area contributed by atoms with Gasteiger partial charge in [0.25, 0.3) is 5.91 Å². The number of nitrogens with zero attached hydrogens (tertiary/aromatic N) is 3. The zero-order valence-electron chi connectivity index (χ0n) is 18.5. The van der Waals surface area contributed by atoms with Crippen molar-refractivity contribution < 1.29 is 14.3 Å². The van der Waals surface area contributed by atoms with Crippen LogP contribution in [-0.2, 0) is 0 Å². The lowest BCUT2D eigenvalue weighted by Crippen LogP contribution is -2.25. The molecule has 0 unspecified atom stereocenters. The molecule has 4 rings (SSSR count). The summed E-state index contributed by atoms with van der Waals surface area (Å²) in [7, 11) is 3.15. The van der Waals surface area contributed by atoms with Gasteiger partial charge in [0.15, 0.2) is 17.1 Å². The summed E-state index contributed by atoms with van der Waals surface area (Å²) in [5.41, 5.74) is 9.96. The molecule has 8 heteroatoms.